The van der Waals surface area contributed by atoms with Crippen LogP contribution >= 0.6 is 11.3 Å². The van der Waals surface area contributed by atoms with Crippen LogP contribution in [0.25, 0.3) is 0 Å². The molecule has 0 bridgehead atoms. The summed E-state index contributed by atoms with van der Waals surface area (Å²) in [4.78, 5) is 5.50. The average molecular weight is 289 g/mol. The van der Waals surface area contributed by atoms with E-state index in [2.05, 4.69) is 4.98 Å². The summed E-state index contributed by atoms with van der Waals surface area (Å²) in [5.74, 6) is 0. The van der Waals surface area contributed by atoms with E-state index in [1.165, 1.54) is 4.88 Å². The number of aromatic nitrogens is 1. The highest BCUT2D eigenvalue weighted by Crippen LogP contribution is 2.12. The molecule has 0 unspecified atom stereocenters. The summed E-state index contributed by atoms with van der Waals surface area (Å²) < 4.78 is 21.0. The Morgan fingerprint density at radius 2 is 1.53 bits per heavy atom. The molecular formula is C13H23NO4S. The Morgan fingerprint density at radius 1 is 0.947 bits per heavy atom. The van der Waals surface area contributed by atoms with Gasteiger partial charge in [0.2, 0.25) is 0 Å². The number of hydrogen-bond donors (Lipinski definition) is 0. The molecule has 1 aromatic rings. The van der Waals surface area contributed by atoms with Crippen LogP contribution in [0.4, 0.5) is 0 Å². The molecule has 6 heteroatoms. The normalized spacial score (nSPS) is 11.1. The minimum absolute atomic E-state index is 0.598. The van der Waals surface area contributed by atoms with Gasteiger partial charge in [-0.3, -0.25) is 0 Å². The Kier molecular flexibility index (Phi) is 9.84. The van der Waals surface area contributed by atoms with Crippen LogP contribution in [0.5, 0.6) is 0 Å². The van der Waals surface area contributed by atoms with Crippen LogP contribution in [-0.4, -0.2) is 58.3 Å². The first-order valence-electron chi connectivity index (χ1n) is 6.45. The third-order valence-corrected chi connectivity index (χ3v) is 3.49. The summed E-state index contributed by atoms with van der Waals surface area (Å²) in [6.07, 6.45) is 0.927. The minimum atomic E-state index is 0.598. The van der Waals surface area contributed by atoms with E-state index < -0.39 is 0 Å². The van der Waals surface area contributed by atoms with Crippen molar-refractivity contribution in [3.8, 4) is 0 Å². The molecule has 0 aliphatic heterocycles. The summed E-state index contributed by atoms with van der Waals surface area (Å²) in [5.41, 5.74) is 2.98. The van der Waals surface area contributed by atoms with Crippen molar-refractivity contribution in [3.05, 3.63) is 16.1 Å². The summed E-state index contributed by atoms with van der Waals surface area (Å²) >= 11 is 1.68. The van der Waals surface area contributed by atoms with Gasteiger partial charge in [-0.25, -0.2) is 4.98 Å². The van der Waals surface area contributed by atoms with Crippen molar-refractivity contribution in [2.24, 2.45) is 0 Å². The number of thiazole rings is 1. The van der Waals surface area contributed by atoms with Crippen LogP contribution in [0.2, 0.25) is 0 Å². The summed E-state index contributed by atoms with van der Waals surface area (Å²) in [7, 11) is 1.66. The predicted octanol–water partition coefficient (Wildman–Crippen LogP) is 1.69. The zero-order valence-corrected chi connectivity index (χ0v) is 12.5. The quantitative estimate of drug-likeness (QED) is 0.548. The van der Waals surface area contributed by atoms with Gasteiger partial charge in [-0.2, -0.15) is 0 Å². The second-order valence-corrected chi connectivity index (χ2v) is 4.88. The molecule has 0 spiro atoms. The van der Waals surface area contributed by atoms with E-state index in [1.54, 1.807) is 18.4 Å². The number of nitrogens with zero attached hydrogens (tertiary/aromatic N) is 1. The van der Waals surface area contributed by atoms with Gasteiger partial charge in [0.15, 0.2) is 0 Å². The number of rotatable bonds is 12. The monoisotopic (exact) mass is 289 g/mol. The number of hydrogen-bond acceptors (Lipinski definition) is 6. The van der Waals surface area contributed by atoms with E-state index in [0.717, 1.165) is 18.7 Å². The maximum Gasteiger partial charge on any atom is 0.0797 e. The molecule has 1 rings (SSSR count). The van der Waals surface area contributed by atoms with Crippen LogP contribution in [0.3, 0.4) is 0 Å². The number of ether oxygens (including phenoxy) is 4. The molecule has 1 heterocycles. The standard InChI is InChI=1S/C13H23NO4S/c1-12-13(19-11-14-12)3-4-16-7-8-18-10-9-17-6-5-15-2/h11H,3-10H2,1-2H3. The van der Waals surface area contributed by atoms with E-state index in [0.29, 0.717) is 39.6 Å². The van der Waals surface area contributed by atoms with E-state index in [-0.39, 0.29) is 0 Å². The van der Waals surface area contributed by atoms with E-state index in [1.807, 2.05) is 12.4 Å². The average Bonchev–Trinajstić information content (AvgIpc) is 2.82. The molecule has 0 saturated heterocycles. The number of methoxy groups -OCH3 is 1. The van der Waals surface area contributed by atoms with Gasteiger partial charge >= 0.3 is 0 Å². The van der Waals surface area contributed by atoms with Gasteiger partial charge in [0.1, 0.15) is 0 Å². The SMILES string of the molecule is COCCOCCOCCOCCc1scnc1C. The van der Waals surface area contributed by atoms with Gasteiger partial charge in [0.25, 0.3) is 0 Å². The van der Waals surface area contributed by atoms with Crippen LogP contribution in [0, 0.1) is 6.92 Å². The fourth-order valence-electron chi connectivity index (χ4n) is 1.42. The first kappa shape index (κ1) is 16.5. The van der Waals surface area contributed by atoms with Crippen molar-refractivity contribution in [3.63, 3.8) is 0 Å². The lowest BCUT2D eigenvalue weighted by molar-refractivity contribution is 0.00411. The highest BCUT2D eigenvalue weighted by atomic mass is 32.1. The van der Waals surface area contributed by atoms with E-state index >= 15 is 0 Å². The molecule has 0 aliphatic rings. The van der Waals surface area contributed by atoms with Gasteiger partial charge in [-0.1, -0.05) is 0 Å². The molecule has 0 atom stereocenters. The lowest BCUT2D eigenvalue weighted by Crippen LogP contribution is -2.12. The molecule has 0 amide bonds. The molecule has 0 fully saturated rings. The van der Waals surface area contributed by atoms with Crippen molar-refractivity contribution in [1.82, 2.24) is 4.98 Å². The molecule has 0 saturated carbocycles. The first-order chi connectivity index (χ1) is 9.34. The van der Waals surface area contributed by atoms with Crippen LogP contribution in [-0.2, 0) is 25.4 Å². The fourth-order valence-corrected chi connectivity index (χ4v) is 2.18. The summed E-state index contributed by atoms with van der Waals surface area (Å²) in [6, 6.07) is 0. The zero-order chi connectivity index (χ0) is 13.8. The number of aryl methyl sites for hydroxylation is 1. The fraction of sp³-hybridized carbons (Fsp3) is 0.769. The summed E-state index contributed by atoms with van der Waals surface area (Å²) in [5, 5.41) is 0. The van der Waals surface area contributed by atoms with Gasteiger partial charge in [-0.15, -0.1) is 11.3 Å². The largest absolute Gasteiger partial charge is 0.382 e. The minimum Gasteiger partial charge on any atom is -0.382 e. The Morgan fingerprint density at radius 3 is 2.05 bits per heavy atom. The van der Waals surface area contributed by atoms with Gasteiger partial charge in [-0.05, 0) is 6.92 Å². The second-order valence-electron chi connectivity index (χ2n) is 3.94. The highest BCUT2D eigenvalue weighted by molar-refractivity contribution is 7.09. The molecule has 19 heavy (non-hydrogen) atoms. The molecule has 1 aromatic heterocycles. The van der Waals surface area contributed by atoms with Gasteiger partial charge in [0.05, 0.1) is 57.5 Å². The first-order valence-corrected chi connectivity index (χ1v) is 7.33. The summed E-state index contributed by atoms with van der Waals surface area (Å²) in [6.45, 7) is 6.41. The maximum absolute atomic E-state index is 5.50. The lowest BCUT2D eigenvalue weighted by Gasteiger charge is -2.06. The molecule has 0 radical (unpaired) electrons. The van der Waals surface area contributed by atoms with Crippen LogP contribution in [0.1, 0.15) is 10.6 Å². The highest BCUT2D eigenvalue weighted by Gasteiger charge is 2.00. The van der Waals surface area contributed by atoms with Crippen LogP contribution < -0.4 is 0 Å². The zero-order valence-electron chi connectivity index (χ0n) is 11.7. The van der Waals surface area contributed by atoms with Crippen molar-refractivity contribution in [2.75, 3.05) is 53.4 Å². The molecule has 0 aliphatic carbocycles. The van der Waals surface area contributed by atoms with E-state index in [9.17, 15) is 0 Å². The Bertz CT molecular complexity index is 319. The molecule has 0 aromatic carbocycles. The van der Waals surface area contributed by atoms with Gasteiger partial charge in [0, 0.05) is 18.4 Å². The Hall–Kier alpha value is -0.530. The lowest BCUT2D eigenvalue weighted by atomic mass is 10.3. The van der Waals surface area contributed by atoms with Crippen molar-refractivity contribution < 1.29 is 18.9 Å². The van der Waals surface area contributed by atoms with E-state index in [4.69, 9.17) is 18.9 Å². The van der Waals surface area contributed by atoms with Gasteiger partial charge < -0.3 is 18.9 Å². The molecule has 0 N–H and O–H groups in total. The van der Waals surface area contributed by atoms with Crippen molar-refractivity contribution >= 4 is 11.3 Å². The Balaban J connectivity index is 1.80. The van der Waals surface area contributed by atoms with Crippen molar-refractivity contribution in [1.29, 1.82) is 0 Å². The second kappa shape index (κ2) is 11.3. The maximum atomic E-state index is 5.50. The molecule has 5 nitrogen and oxygen atoms in total. The Labute approximate surface area is 118 Å². The smallest absolute Gasteiger partial charge is 0.0797 e. The molecule has 110 valence electrons. The van der Waals surface area contributed by atoms with Crippen LogP contribution in [0.15, 0.2) is 5.51 Å². The van der Waals surface area contributed by atoms with Crippen molar-refractivity contribution in [2.45, 2.75) is 13.3 Å². The molecular weight excluding hydrogens is 266 g/mol. The topological polar surface area (TPSA) is 49.8 Å². The predicted molar refractivity (Wildman–Crippen MR) is 74.9 cm³/mol. The third kappa shape index (κ3) is 8.28. The third-order valence-electron chi connectivity index (χ3n) is 2.49.